The highest BCUT2D eigenvalue weighted by Gasteiger charge is 2.14. The maximum atomic E-state index is 12.3. The summed E-state index contributed by atoms with van der Waals surface area (Å²) in [7, 11) is 0. The molecule has 6 nitrogen and oxygen atoms in total. The molecule has 0 aliphatic heterocycles. The van der Waals surface area contributed by atoms with Crippen molar-refractivity contribution in [1.29, 1.82) is 0 Å². The van der Waals surface area contributed by atoms with Crippen LogP contribution in [0.25, 0.3) is 11.0 Å². The van der Waals surface area contributed by atoms with Crippen LogP contribution in [0.5, 0.6) is 0 Å². The number of carbonyl (C=O) groups excluding carboxylic acids is 2. The summed E-state index contributed by atoms with van der Waals surface area (Å²) in [5, 5.41) is 3.22. The number of fused-ring (bicyclic) bond motifs is 1. The molecular formula is C25H19NO5. The third kappa shape index (κ3) is 4.70. The molecule has 0 radical (unpaired) electrons. The lowest BCUT2D eigenvalue weighted by molar-refractivity contribution is 0.0436. The van der Waals surface area contributed by atoms with E-state index in [0.717, 1.165) is 11.6 Å². The van der Waals surface area contributed by atoms with Crippen LogP contribution in [0, 0.1) is 6.92 Å². The third-order valence-electron chi connectivity index (χ3n) is 4.70. The van der Waals surface area contributed by atoms with Gasteiger partial charge in [-0.05, 0) is 48.9 Å². The van der Waals surface area contributed by atoms with Crippen LogP contribution in [-0.2, 0) is 11.3 Å². The predicted molar refractivity (Wildman–Crippen MR) is 117 cm³/mol. The van der Waals surface area contributed by atoms with E-state index in [9.17, 15) is 14.4 Å². The minimum absolute atomic E-state index is 0.0188. The molecule has 1 amide bonds. The summed E-state index contributed by atoms with van der Waals surface area (Å²) in [6.07, 6.45) is 0. The van der Waals surface area contributed by atoms with Gasteiger partial charge in [-0.15, -0.1) is 0 Å². The maximum absolute atomic E-state index is 12.3. The van der Waals surface area contributed by atoms with Gasteiger partial charge in [0.1, 0.15) is 12.2 Å². The van der Waals surface area contributed by atoms with E-state index in [2.05, 4.69) is 5.32 Å². The zero-order valence-electron chi connectivity index (χ0n) is 16.8. The topological polar surface area (TPSA) is 85.6 Å². The Labute approximate surface area is 178 Å². The first-order valence-corrected chi connectivity index (χ1v) is 9.66. The fourth-order valence-corrected chi connectivity index (χ4v) is 3.07. The smallest absolute Gasteiger partial charge is 0.374 e. The third-order valence-corrected chi connectivity index (χ3v) is 4.70. The van der Waals surface area contributed by atoms with Crippen molar-refractivity contribution in [3.05, 3.63) is 112 Å². The second-order valence-corrected chi connectivity index (χ2v) is 7.07. The van der Waals surface area contributed by atoms with Gasteiger partial charge in [0.05, 0.1) is 5.39 Å². The maximum Gasteiger partial charge on any atom is 0.374 e. The number of nitrogens with one attached hydrogen (secondary N) is 1. The van der Waals surface area contributed by atoms with Gasteiger partial charge >= 0.3 is 5.97 Å². The van der Waals surface area contributed by atoms with Crippen molar-refractivity contribution in [3.63, 3.8) is 0 Å². The van der Waals surface area contributed by atoms with Crippen LogP contribution in [0.3, 0.4) is 0 Å². The average Bonchev–Trinajstić information content (AvgIpc) is 2.79. The molecule has 1 heterocycles. The molecule has 31 heavy (non-hydrogen) atoms. The van der Waals surface area contributed by atoms with Gasteiger partial charge in [-0.1, -0.05) is 42.0 Å². The van der Waals surface area contributed by atoms with Gasteiger partial charge < -0.3 is 14.5 Å². The number of rotatable bonds is 5. The Morgan fingerprint density at radius 2 is 1.68 bits per heavy atom. The Morgan fingerprint density at radius 1 is 0.935 bits per heavy atom. The molecule has 0 aliphatic carbocycles. The fraction of sp³-hybridized carbons (Fsp3) is 0.0800. The van der Waals surface area contributed by atoms with E-state index in [1.165, 1.54) is 0 Å². The molecule has 0 fully saturated rings. The molecule has 1 N–H and O–H groups in total. The Hall–Kier alpha value is -4.19. The molecular weight excluding hydrogens is 394 g/mol. The van der Waals surface area contributed by atoms with Crippen molar-refractivity contribution >= 4 is 28.5 Å². The van der Waals surface area contributed by atoms with E-state index in [1.807, 2.05) is 25.1 Å². The molecule has 1 aromatic heterocycles. The zero-order valence-corrected chi connectivity index (χ0v) is 16.8. The lowest BCUT2D eigenvalue weighted by atomic mass is 10.1. The molecule has 0 saturated carbocycles. The number of carbonyl (C=O) groups is 2. The molecule has 6 heteroatoms. The summed E-state index contributed by atoms with van der Waals surface area (Å²) < 4.78 is 10.8. The quantitative estimate of drug-likeness (QED) is 0.479. The highest BCUT2D eigenvalue weighted by Crippen LogP contribution is 2.16. The van der Waals surface area contributed by atoms with E-state index in [0.29, 0.717) is 27.8 Å². The number of ether oxygens (including phenoxy) is 1. The lowest BCUT2D eigenvalue weighted by Gasteiger charge is -2.07. The SMILES string of the molecule is Cc1ccc2oc(C(=O)OCc3ccc(C(=O)Nc4ccccc4)cc3)cc(=O)c2c1. The fourth-order valence-electron chi connectivity index (χ4n) is 3.07. The normalized spacial score (nSPS) is 10.6. The van der Waals surface area contributed by atoms with Gasteiger partial charge in [0.15, 0.2) is 5.43 Å². The van der Waals surface area contributed by atoms with Crippen molar-refractivity contribution in [2.45, 2.75) is 13.5 Å². The van der Waals surface area contributed by atoms with Gasteiger partial charge in [-0.25, -0.2) is 4.79 Å². The van der Waals surface area contributed by atoms with Crippen molar-refractivity contribution < 1.29 is 18.7 Å². The first-order chi connectivity index (χ1) is 15.0. The second kappa shape index (κ2) is 8.67. The number of benzene rings is 3. The van der Waals surface area contributed by atoms with Crippen molar-refractivity contribution in [2.24, 2.45) is 0 Å². The summed E-state index contributed by atoms with van der Waals surface area (Å²) in [5.74, 6) is -1.12. The Balaban J connectivity index is 1.40. The van der Waals surface area contributed by atoms with Gasteiger partial charge in [0, 0.05) is 17.3 Å². The Bertz CT molecular complexity index is 1310. The molecule has 4 rings (SSSR count). The summed E-state index contributed by atoms with van der Waals surface area (Å²) in [4.78, 5) is 36.9. The summed E-state index contributed by atoms with van der Waals surface area (Å²) >= 11 is 0. The Morgan fingerprint density at radius 3 is 2.42 bits per heavy atom. The van der Waals surface area contributed by atoms with Gasteiger partial charge in [-0.3, -0.25) is 9.59 Å². The molecule has 154 valence electrons. The average molecular weight is 413 g/mol. The minimum Gasteiger partial charge on any atom is -0.455 e. The minimum atomic E-state index is -0.731. The largest absolute Gasteiger partial charge is 0.455 e. The first kappa shape index (κ1) is 20.1. The second-order valence-electron chi connectivity index (χ2n) is 7.07. The van der Waals surface area contributed by atoms with E-state index in [-0.39, 0.29) is 23.7 Å². The number of esters is 1. The van der Waals surface area contributed by atoms with Crippen molar-refractivity contribution in [3.8, 4) is 0 Å². The predicted octanol–water partition coefficient (Wildman–Crippen LogP) is 4.71. The van der Waals surface area contributed by atoms with Crippen molar-refractivity contribution in [1.82, 2.24) is 0 Å². The van der Waals surface area contributed by atoms with Crippen LogP contribution >= 0.6 is 0 Å². The number of hydrogen-bond acceptors (Lipinski definition) is 5. The molecule has 0 spiro atoms. The van der Waals surface area contributed by atoms with Crippen LogP contribution in [0.4, 0.5) is 5.69 Å². The number of aryl methyl sites for hydroxylation is 1. The molecule has 4 aromatic rings. The van der Waals surface area contributed by atoms with Crippen LogP contribution in [0.15, 0.2) is 88.1 Å². The van der Waals surface area contributed by atoms with Crippen molar-refractivity contribution in [2.75, 3.05) is 5.32 Å². The van der Waals surface area contributed by atoms with Crippen LogP contribution < -0.4 is 10.7 Å². The van der Waals surface area contributed by atoms with E-state index in [1.54, 1.807) is 54.6 Å². The van der Waals surface area contributed by atoms with Crippen LogP contribution in [0.2, 0.25) is 0 Å². The number of amides is 1. The summed E-state index contributed by atoms with van der Waals surface area (Å²) in [6, 6.07) is 22.2. The molecule has 0 saturated heterocycles. The molecule has 0 unspecified atom stereocenters. The molecule has 0 aliphatic rings. The highest BCUT2D eigenvalue weighted by molar-refractivity contribution is 6.04. The lowest BCUT2D eigenvalue weighted by Crippen LogP contribution is -2.12. The summed E-state index contributed by atoms with van der Waals surface area (Å²) in [5.41, 5.74) is 2.84. The first-order valence-electron chi connectivity index (χ1n) is 9.66. The number of hydrogen-bond donors (Lipinski definition) is 1. The van der Waals surface area contributed by atoms with E-state index >= 15 is 0 Å². The van der Waals surface area contributed by atoms with Crippen LogP contribution in [0.1, 0.15) is 32.0 Å². The van der Waals surface area contributed by atoms with E-state index < -0.39 is 5.97 Å². The van der Waals surface area contributed by atoms with Crippen LogP contribution in [-0.4, -0.2) is 11.9 Å². The molecule has 3 aromatic carbocycles. The highest BCUT2D eigenvalue weighted by atomic mass is 16.5. The van der Waals surface area contributed by atoms with Gasteiger partial charge in [-0.2, -0.15) is 0 Å². The van der Waals surface area contributed by atoms with E-state index in [4.69, 9.17) is 9.15 Å². The number of anilines is 1. The molecule has 0 atom stereocenters. The standard InChI is InChI=1S/C25H19NO5/c1-16-7-12-22-20(13-16)21(27)14-23(31-22)25(29)30-15-17-8-10-18(11-9-17)24(28)26-19-5-3-2-4-6-19/h2-14H,15H2,1H3,(H,26,28). The molecule has 0 bridgehead atoms. The zero-order chi connectivity index (χ0) is 21.8. The summed E-state index contributed by atoms with van der Waals surface area (Å²) in [6.45, 7) is 1.85. The van der Waals surface area contributed by atoms with Gasteiger partial charge in [0.2, 0.25) is 5.76 Å². The van der Waals surface area contributed by atoms with Gasteiger partial charge in [0.25, 0.3) is 5.91 Å². The number of para-hydroxylation sites is 1. The Kier molecular flexibility index (Phi) is 5.62. The monoisotopic (exact) mass is 413 g/mol.